The number of aliphatic imine (C=N–C) groups is 1. The highest BCUT2D eigenvalue weighted by Crippen LogP contribution is 2.27. The third-order valence-corrected chi connectivity index (χ3v) is 3.82. The second-order valence-corrected chi connectivity index (χ2v) is 5.41. The van der Waals surface area contributed by atoms with Gasteiger partial charge in [-0.3, -0.25) is 0 Å². The molecule has 0 aliphatic heterocycles. The molecule has 0 amide bonds. The molecule has 1 aromatic heterocycles. The Hall–Kier alpha value is -1.62. The van der Waals surface area contributed by atoms with E-state index in [1.165, 1.54) is 11.3 Å². The zero-order chi connectivity index (χ0) is 13.2. The van der Waals surface area contributed by atoms with Gasteiger partial charge in [0.15, 0.2) is 0 Å². The second kappa shape index (κ2) is 6.22. The van der Waals surface area contributed by atoms with Gasteiger partial charge in [-0.2, -0.15) is 0 Å². The number of hydrogen-bond acceptors (Lipinski definition) is 3. The molecule has 0 saturated carbocycles. The van der Waals surface area contributed by atoms with Gasteiger partial charge >= 0.3 is 0 Å². The highest BCUT2D eigenvalue weighted by Gasteiger charge is 2.04. The lowest BCUT2D eigenvalue weighted by molar-refractivity contribution is 1.38. The van der Waals surface area contributed by atoms with Crippen LogP contribution in [0.5, 0.6) is 0 Å². The van der Waals surface area contributed by atoms with Crippen LogP contribution in [0.2, 0.25) is 5.02 Å². The number of rotatable bonds is 2. The average Bonchev–Trinajstić information content (AvgIpc) is 2.81. The van der Waals surface area contributed by atoms with Crippen molar-refractivity contribution < 1.29 is 0 Å². The van der Waals surface area contributed by atoms with Crippen LogP contribution in [0.1, 0.15) is 5.56 Å². The Bertz CT molecular complexity index is 717. The number of nitrogens with two attached hydrogens (primary N) is 1. The van der Waals surface area contributed by atoms with Crippen LogP contribution in [0.3, 0.4) is 0 Å². The molecule has 3 rings (SSSR count). The Morgan fingerprint density at radius 3 is 2.50 bits per heavy atom. The van der Waals surface area contributed by atoms with Crippen LogP contribution in [0.15, 0.2) is 53.5 Å². The SMILES string of the molecule is Cl.N/C(=N\c1nc2ccccc2s1)c1ccc(Cl)cc1. The molecule has 3 aromatic rings. The molecular weight excluding hydrogens is 313 g/mol. The van der Waals surface area contributed by atoms with E-state index in [9.17, 15) is 0 Å². The summed E-state index contributed by atoms with van der Waals surface area (Å²) in [4.78, 5) is 8.78. The maximum Gasteiger partial charge on any atom is 0.212 e. The van der Waals surface area contributed by atoms with Gasteiger partial charge in [-0.1, -0.05) is 35.1 Å². The monoisotopic (exact) mass is 323 g/mol. The van der Waals surface area contributed by atoms with Crippen molar-refractivity contribution in [2.75, 3.05) is 0 Å². The number of nitrogens with zero attached hydrogens (tertiary/aromatic N) is 2. The third-order valence-electron chi connectivity index (χ3n) is 2.64. The maximum atomic E-state index is 5.97. The molecule has 0 atom stereocenters. The van der Waals surface area contributed by atoms with Crippen molar-refractivity contribution >= 4 is 56.5 Å². The topological polar surface area (TPSA) is 51.3 Å². The van der Waals surface area contributed by atoms with Gasteiger partial charge in [0.05, 0.1) is 10.2 Å². The summed E-state index contributed by atoms with van der Waals surface area (Å²) < 4.78 is 1.10. The molecule has 0 fully saturated rings. The van der Waals surface area contributed by atoms with Gasteiger partial charge in [-0.15, -0.1) is 12.4 Å². The fourth-order valence-corrected chi connectivity index (χ4v) is 2.67. The van der Waals surface area contributed by atoms with Gasteiger partial charge in [0.2, 0.25) is 5.13 Å². The van der Waals surface area contributed by atoms with Crippen LogP contribution in [0, 0.1) is 0 Å². The fraction of sp³-hybridized carbons (Fsp3) is 0. The van der Waals surface area contributed by atoms with Gasteiger partial charge in [0.1, 0.15) is 5.84 Å². The van der Waals surface area contributed by atoms with Crippen molar-refractivity contribution in [3.05, 3.63) is 59.1 Å². The van der Waals surface area contributed by atoms with Crippen molar-refractivity contribution in [3.63, 3.8) is 0 Å². The van der Waals surface area contributed by atoms with E-state index in [0.717, 1.165) is 15.8 Å². The molecule has 1 heterocycles. The van der Waals surface area contributed by atoms with Crippen LogP contribution < -0.4 is 5.73 Å². The van der Waals surface area contributed by atoms with E-state index < -0.39 is 0 Å². The Morgan fingerprint density at radius 1 is 1.10 bits per heavy atom. The van der Waals surface area contributed by atoms with Crippen LogP contribution in [-0.2, 0) is 0 Å². The predicted octanol–water partition coefficient (Wildman–Crippen LogP) is 4.41. The summed E-state index contributed by atoms with van der Waals surface area (Å²) in [5.41, 5.74) is 7.75. The lowest BCUT2D eigenvalue weighted by Gasteiger charge is -1.99. The lowest BCUT2D eigenvalue weighted by Crippen LogP contribution is -2.12. The first-order chi connectivity index (χ1) is 9.22. The number of thiazole rings is 1. The molecule has 0 saturated heterocycles. The van der Waals surface area contributed by atoms with Crippen molar-refractivity contribution in [2.45, 2.75) is 0 Å². The lowest BCUT2D eigenvalue weighted by atomic mass is 10.2. The van der Waals surface area contributed by atoms with E-state index in [0.29, 0.717) is 16.0 Å². The second-order valence-electron chi connectivity index (χ2n) is 3.97. The van der Waals surface area contributed by atoms with Gasteiger partial charge in [0, 0.05) is 10.6 Å². The molecule has 3 nitrogen and oxygen atoms in total. The molecule has 2 N–H and O–H groups in total. The van der Waals surface area contributed by atoms with Crippen LogP contribution in [0.4, 0.5) is 5.13 Å². The van der Waals surface area contributed by atoms with Gasteiger partial charge in [0.25, 0.3) is 0 Å². The van der Waals surface area contributed by atoms with E-state index >= 15 is 0 Å². The summed E-state index contributed by atoms with van der Waals surface area (Å²) in [6.07, 6.45) is 0. The molecule has 0 unspecified atom stereocenters. The number of halogens is 2. The van der Waals surface area contributed by atoms with Crippen molar-refractivity contribution in [2.24, 2.45) is 10.7 Å². The van der Waals surface area contributed by atoms with E-state index in [2.05, 4.69) is 9.98 Å². The normalized spacial score (nSPS) is 11.3. The molecule has 0 radical (unpaired) electrons. The minimum atomic E-state index is 0. The molecule has 2 aromatic carbocycles. The summed E-state index contributed by atoms with van der Waals surface area (Å²) in [5, 5.41) is 1.34. The molecule has 102 valence electrons. The van der Waals surface area contributed by atoms with Crippen molar-refractivity contribution in [1.82, 2.24) is 4.98 Å². The summed E-state index contributed by atoms with van der Waals surface area (Å²) in [7, 11) is 0. The predicted molar refractivity (Wildman–Crippen MR) is 88.7 cm³/mol. The number of para-hydroxylation sites is 1. The first-order valence-corrected chi connectivity index (χ1v) is 6.87. The smallest absolute Gasteiger partial charge is 0.212 e. The minimum absolute atomic E-state index is 0. The largest absolute Gasteiger partial charge is 0.383 e. The summed E-state index contributed by atoms with van der Waals surface area (Å²) in [5.74, 6) is 0.440. The van der Waals surface area contributed by atoms with Gasteiger partial charge in [-0.25, -0.2) is 9.98 Å². The Morgan fingerprint density at radius 2 is 1.80 bits per heavy atom. The highest BCUT2D eigenvalue weighted by molar-refractivity contribution is 7.22. The zero-order valence-electron chi connectivity index (χ0n) is 10.3. The standard InChI is InChI=1S/C14H10ClN3S.ClH/c15-10-7-5-9(6-8-10)13(16)18-14-17-11-3-1-2-4-12(11)19-14;/h1-8H,(H2,16,17,18);1H. The van der Waals surface area contributed by atoms with E-state index in [4.69, 9.17) is 17.3 Å². The number of hydrogen-bond donors (Lipinski definition) is 1. The number of benzene rings is 2. The first kappa shape index (κ1) is 14.8. The minimum Gasteiger partial charge on any atom is -0.383 e. The number of amidine groups is 1. The number of fused-ring (bicyclic) bond motifs is 1. The highest BCUT2D eigenvalue weighted by atomic mass is 35.5. The van der Waals surface area contributed by atoms with Gasteiger partial charge < -0.3 is 5.73 Å². The fourth-order valence-electron chi connectivity index (χ4n) is 1.70. The number of aromatic nitrogens is 1. The summed E-state index contributed by atoms with van der Waals surface area (Å²) in [6.45, 7) is 0. The molecular formula is C14H11Cl2N3S. The van der Waals surface area contributed by atoms with Gasteiger partial charge in [-0.05, 0) is 36.4 Å². The van der Waals surface area contributed by atoms with Crippen LogP contribution in [0.25, 0.3) is 10.2 Å². The van der Waals surface area contributed by atoms with Crippen molar-refractivity contribution in [1.29, 1.82) is 0 Å². The van der Waals surface area contributed by atoms with E-state index in [-0.39, 0.29) is 12.4 Å². The summed E-state index contributed by atoms with van der Waals surface area (Å²) >= 11 is 7.36. The molecule has 0 spiro atoms. The molecule has 0 aliphatic rings. The zero-order valence-corrected chi connectivity index (χ0v) is 12.7. The average molecular weight is 324 g/mol. The van der Waals surface area contributed by atoms with Crippen LogP contribution in [-0.4, -0.2) is 10.8 Å². The summed E-state index contributed by atoms with van der Waals surface area (Å²) in [6, 6.07) is 15.2. The Labute approximate surface area is 131 Å². The van der Waals surface area contributed by atoms with Crippen molar-refractivity contribution in [3.8, 4) is 0 Å². The third kappa shape index (κ3) is 3.10. The molecule has 0 aliphatic carbocycles. The van der Waals surface area contributed by atoms with E-state index in [1.807, 2.05) is 36.4 Å². The molecule has 20 heavy (non-hydrogen) atoms. The van der Waals surface area contributed by atoms with E-state index in [1.54, 1.807) is 12.1 Å². The quantitative estimate of drug-likeness (QED) is 0.561. The maximum absolute atomic E-state index is 5.97. The molecule has 6 heteroatoms. The first-order valence-electron chi connectivity index (χ1n) is 5.68. The van der Waals surface area contributed by atoms with Crippen LogP contribution >= 0.6 is 35.3 Å². The molecule has 0 bridgehead atoms. The Kier molecular flexibility index (Phi) is 4.60. The Balaban J connectivity index is 0.00000147.